The number of hydrogen-bond acceptors (Lipinski definition) is 4. The minimum atomic E-state index is -0.536. The van der Waals surface area contributed by atoms with Crippen LogP contribution in [0.4, 0.5) is 0 Å². The van der Waals surface area contributed by atoms with Gasteiger partial charge in [-0.1, -0.05) is 0 Å². The van der Waals surface area contributed by atoms with Gasteiger partial charge in [0.05, 0.1) is 0 Å². The number of carbonyl (C=O) groups is 3. The van der Waals surface area contributed by atoms with Crippen molar-refractivity contribution in [1.82, 2.24) is 10.2 Å². The van der Waals surface area contributed by atoms with Crippen LogP contribution in [0.5, 0.6) is 5.75 Å². The Morgan fingerprint density at radius 1 is 1.41 bits per heavy atom. The Hall–Kier alpha value is -2.44. The number of ether oxygens (including phenoxy) is 1. The van der Waals surface area contributed by atoms with Gasteiger partial charge >= 0.3 is 128 Å². The fraction of sp³-hybridized carbons (Fsp3) is 0.333. The molecule has 2 aliphatic rings. The standard InChI is InChI=1S/C15H14BN2O4/c16-13-5-4-11(14(20)17-13)18-8-10-9(15(18)21)2-1-3-12(10)22-7-6-19/h1-3,6,11H,4-5,7-8H2,(H,17,20). The van der Waals surface area contributed by atoms with E-state index >= 15 is 0 Å². The number of benzene rings is 1. The number of aldehydes is 1. The van der Waals surface area contributed by atoms with Gasteiger partial charge in [0, 0.05) is 0 Å². The fourth-order valence-corrected chi connectivity index (χ4v) is 2.86. The molecule has 0 spiro atoms. The van der Waals surface area contributed by atoms with Crippen molar-refractivity contribution < 1.29 is 19.1 Å². The second kappa shape index (κ2) is 5.75. The molecule has 0 saturated carbocycles. The molecule has 3 rings (SSSR count). The molecule has 1 fully saturated rings. The molecule has 0 aromatic heterocycles. The van der Waals surface area contributed by atoms with Gasteiger partial charge in [0.1, 0.15) is 0 Å². The zero-order valence-corrected chi connectivity index (χ0v) is 11.9. The molecule has 2 heterocycles. The van der Waals surface area contributed by atoms with Crippen molar-refractivity contribution in [3.05, 3.63) is 29.3 Å². The normalized spacial score (nSPS) is 20.6. The van der Waals surface area contributed by atoms with Crippen LogP contribution < -0.4 is 10.1 Å². The average Bonchev–Trinajstić information content (AvgIpc) is 2.83. The Bertz CT molecular complexity index is 674. The third-order valence-corrected chi connectivity index (χ3v) is 3.91. The van der Waals surface area contributed by atoms with Crippen LogP contribution in [0.25, 0.3) is 0 Å². The number of rotatable bonds is 4. The number of nitrogens with zero attached hydrogens (tertiary/aromatic N) is 1. The van der Waals surface area contributed by atoms with E-state index in [2.05, 4.69) is 5.32 Å². The van der Waals surface area contributed by atoms with Gasteiger partial charge in [-0.25, -0.2) is 0 Å². The summed E-state index contributed by atoms with van der Waals surface area (Å²) in [5.74, 6) is 0.0372. The van der Waals surface area contributed by atoms with Crippen molar-refractivity contribution in [2.24, 2.45) is 0 Å². The van der Waals surface area contributed by atoms with E-state index in [-0.39, 0.29) is 18.4 Å². The molecule has 1 aromatic carbocycles. The van der Waals surface area contributed by atoms with Crippen molar-refractivity contribution in [2.45, 2.75) is 25.4 Å². The topological polar surface area (TPSA) is 75.7 Å². The molecule has 22 heavy (non-hydrogen) atoms. The first-order valence-corrected chi connectivity index (χ1v) is 7.03. The molecule has 1 saturated heterocycles. The molecule has 0 bridgehead atoms. The minimum absolute atomic E-state index is 0.0694. The second-order valence-electron chi connectivity index (χ2n) is 5.26. The number of nitrogens with one attached hydrogen (secondary N) is 1. The van der Waals surface area contributed by atoms with E-state index in [0.29, 0.717) is 48.1 Å². The van der Waals surface area contributed by atoms with Gasteiger partial charge < -0.3 is 0 Å². The van der Waals surface area contributed by atoms with Gasteiger partial charge in [0.25, 0.3) is 0 Å². The number of carbonyl (C=O) groups excluding carboxylic acids is 3. The fourth-order valence-electron chi connectivity index (χ4n) is 2.86. The van der Waals surface area contributed by atoms with E-state index in [0.717, 1.165) is 0 Å². The Morgan fingerprint density at radius 3 is 2.95 bits per heavy atom. The summed E-state index contributed by atoms with van der Waals surface area (Å²) in [6, 6.07) is 4.58. The average molecular weight is 297 g/mol. The summed E-state index contributed by atoms with van der Waals surface area (Å²) in [5, 5.41) is 2.59. The summed E-state index contributed by atoms with van der Waals surface area (Å²) < 4.78 is 5.35. The first-order valence-electron chi connectivity index (χ1n) is 7.03. The van der Waals surface area contributed by atoms with Crippen LogP contribution in [0.15, 0.2) is 18.2 Å². The Balaban J connectivity index is 1.86. The summed E-state index contributed by atoms with van der Waals surface area (Å²) >= 11 is 0. The van der Waals surface area contributed by atoms with E-state index in [9.17, 15) is 14.4 Å². The monoisotopic (exact) mass is 297 g/mol. The van der Waals surface area contributed by atoms with Gasteiger partial charge in [0.15, 0.2) is 0 Å². The van der Waals surface area contributed by atoms with Crippen LogP contribution in [0.2, 0.25) is 0 Å². The van der Waals surface area contributed by atoms with Gasteiger partial charge in [0.2, 0.25) is 0 Å². The zero-order valence-electron chi connectivity index (χ0n) is 11.9. The molecule has 1 unspecified atom stereocenters. The summed E-state index contributed by atoms with van der Waals surface area (Å²) in [6.07, 6.45) is 1.70. The van der Waals surface area contributed by atoms with Gasteiger partial charge in [-0.2, -0.15) is 0 Å². The van der Waals surface area contributed by atoms with Crippen molar-refractivity contribution in [1.29, 1.82) is 0 Å². The van der Waals surface area contributed by atoms with E-state index in [4.69, 9.17) is 12.2 Å². The van der Waals surface area contributed by atoms with Crippen LogP contribution in [-0.2, 0) is 16.1 Å². The molecule has 1 N–H and O–H groups in total. The quantitative estimate of drug-likeness (QED) is 0.617. The van der Waals surface area contributed by atoms with Crippen LogP contribution >= 0.6 is 0 Å². The van der Waals surface area contributed by atoms with Crippen LogP contribution in [0.1, 0.15) is 28.8 Å². The molecular weight excluding hydrogens is 283 g/mol. The summed E-state index contributed by atoms with van der Waals surface area (Å²) in [4.78, 5) is 36.6. The second-order valence-corrected chi connectivity index (χ2v) is 5.26. The number of hydrogen-bond donors (Lipinski definition) is 1. The van der Waals surface area contributed by atoms with Gasteiger partial charge in [-0.05, 0) is 0 Å². The molecule has 7 heteroatoms. The molecule has 1 aromatic rings. The Morgan fingerprint density at radius 2 is 2.23 bits per heavy atom. The van der Waals surface area contributed by atoms with Gasteiger partial charge in [-0.3, -0.25) is 0 Å². The maximum atomic E-state index is 12.5. The van der Waals surface area contributed by atoms with Crippen LogP contribution in [-0.4, -0.2) is 48.7 Å². The number of piperidine rings is 1. The molecule has 2 amide bonds. The van der Waals surface area contributed by atoms with Gasteiger partial charge in [-0.15, -0.1) is 0 Å². The van der Waals surface area contributed by atoms with Crippen molar-refractivity contribution >= 4 is 31.2 Å². The molecule has 0 aliphatic carbocycles. The SMILES string of the molecule is [B]=C1CCC(N2Cc3c(OCC=O)cccc3C2=O)C(=O)N1. The predicted molar refractivity (Wildman–Crippen MR) is 79.8 cm³/mol. The van der Waals surface area contributed by atoms with E-state index < -0.39 is 6.04 Å². The molecule has 1 radical (unpaired) electrons. The third-order valence-electron chi connectivity index (χ3n) is 3.91. The summed E-state index contributed by atoms with van der Waals surface area (Å²) in [6.45, 7) is 0.223. The van der Waals surface area contributed by atoms with E-state index in [1.165, 1.54) is 4.90 Å². The van der Waals surface area contributed by atoms with E-state index in [1.54, 1.807) is 18.2 Å². The third kappa shape index (κ3) is 2.43. The van der Waals surface area contributed by atoms with Crippen molar-refractivity contribution in [3.8, 4) is 5.75 Å². The van der Waals surface area contributed by atoms with Crippen molar-refractivity contribution in [2.75, 3.05) is 6.61 Å². The first-order chi connectivity index (χ1) is 10.6. The Kier molecular flexibility index (Phi) is 3.79. The molecular formula is C15H14BN2O4. The maximum absolute atomic E-state index is 12.5. The zero-order chi connectivity index (χ0) is 15.7. The molecule has 111 valence electrons. The summed E-state index contributed by atoms with van der Waals surface area (Å²) in [5.41, 5.74) is 1.66. The molecule has 2 aliphatic heterocycles. The van der Waals surface area contributed by atoms with Crippen molar-refractivity contribution in [3.63, 3.8) is 0 Å². The number of amides is 2. The van der Waals surface area contributed by atoms with Crippen LogP contribution in [0, 0.1) is 0 Å². The number of fused-ring (bicyclic) bond motifs is 1. The molecule has 1 atom stereocenters. The van der Waals surface area contributed by atoms with E-state index in [1.807, 2.05) is 0 Å². The Labute approximate surface area is 128 Å². The van der Waals surface area contributed by atoms with Crippen LogP contribution in [0.3, 0.4) is 0 Å². The summed E-state index contributed by atoms with van der Waals surface area (Å²) in [7, 11) is 5.61. The first kappa shape index (κ1) is 14.5. The predicted octanol–water partition coefficient (Wildman–Crippen LogP) is -0.203. The molecule has 6 nitrogen and oxygen atoms in total.